The van der Waals surface area contributed by atoms with Gasteiger partial charge in [0.25, 0.3) is 0 Å². The first kappa shape index (κ1) is 26.5. The largest absolute Gasteiger partial charge is 0.508 e. The van der Waals surface area contributed by atoms with Crippen LogP contribution in [-0.4, -0.2) is 34.6 Å². The van der Waals surface area contributed by atoms with Gasteiger partial charge in [-0.2, -0.15) is 0 Å². The number of methoxy groups -OCH3 is 2. The lowest BCUT2D eigenvalue weighted by Crippen LogP contribution is -2.06. The Balaban J connectivity index is 1.72. The molecule has 0 fully saturated rings. The van der Waals surface area contributed by atoms with Gasteiger partial charge >= 0.3 is 0 Å². The smallest absolute Gasteiger partial charge is 0.125 e. The van der Waals surface area contributed by atoms with Crippen molar-refractivity contribution in [3.8, 4) is 34.5 Å². The second-order valence-corrected chi connectivity index (χ2v) is 9.16. The van der Waals surface area contributed by atoms with Gasteiger partial charge in [-0.05, 0) is 72.9 Å². The molecule has 4 N–H and O–H groups in total. The summed E-state index contributed by atoms with van der Waals surface area (Å²) in [6.45, 7) is 1.78. The van der Waals surface area contributed by atoms with E-state index in [4.69, 9.17) is 9.47 Å². The zero-order valence-electron chi connectivity index (χ0n) is 21.7. The molecule has 0 radical (unpaired) electrons. The van der Waals surface area contributed by atoms with E-state index < -0.39 is 0 Å². The Kier molecular flexibility index (Phi) is 8.12. The summed E-state index contributed by atoms with van der Waals surface area (Å²) in [6, 6.07) is 21.1. The Morgan fingerprint density at radius 2 is 1.45 bits per heavy atom. The quantitative estimate of drug-likeness (QED) is 0.146. The summed E-state index contributed by atoms with van der Waals surface area (Å²) in [5.74, 6) is 1.57. The second kappa shape index (κ2) is 11.6. The van der Waals surface area contributed by atoms with E-state index in [0.717, 1.165) is 22.4 Å². The van der Waals surface area contributed by atoms with E-state index in [2.05, 4.69) is 0 Å². The topological polar surface area (TPSA) is 99.4 Å². The molecule has 0 heterocycles. The van der Waals surface area contributed by atoms with Gasteiger partial charge in [0.1, 0.15) is 34.5 Å². The van der Waals surface area contributed by atoms with Gasteiger partial charge in [0.15, 0.2) is 0 Å². The van der Waals surface area contributed by atoms with Crippen LogP contribution < -0.4 is 9.47 Å². The van der Waals surface area contributed by atoms with Crippen molar-refractivity contribution >= 4 is 12.2 Å². The Bertz CT molecular complexity index is 1420. The molecule has 1 atom stereocenters. The van der Waals surface area contributed by atoms with E-state index >= 15 is 0 Å². The van der Waals surface area contributed by atoms with Gasteiger partial charge in [0, 0.05) is 28.7 Å². The van der Waals surface area contributed by atoms with Crippen molar-refractivity contribution in [3.63, 3.8) is 0 Å². The van der Waals surface area contributed by atoms with E-state index in [0.29, 0.717) is 35.3 Å². The van der Waals surface area contributed by atoms with E-state index in [1.54, 1.807) is 69.7 Å². The first-order valence-corrected chi connectivity index (χ1v) is 12.3. The summed E-state index contributed by atoms with van der Waals surface area (Å²) in [4.78, 5) is 0. The van der Waals surface area contributed by atoms with Crippen LogP contribution in [0.3, 0.4) is 0 Å². The van der Waals surface area contributed by atoms with Crippen LogP contribution in [0.15, 0.2) is 72.8 Å². The SMILES string of the molecule is COc1ccc(C(CCc2ccc(O)cc2OC)c2cc(O)c(/C=C/c3ccc(O)cc3)c(C)c2O)cc1. The average molecular weight is 513 g/mol. The average Bonchev–Trinajstić information content (AvgIpc) is 2.93. The molecule has 38 heavy (non-hydrogen) atoms. The highest BCUT2D eigenvalue weighted by atomic mass is 16.5. The van der Waals surface area contributed by atoms with E-state index in [-0.39, 0.29) is 28.9 Å². The summed E-state index contributed by atoms with van der Waals surface area (Å²) >= 11 is 0. The highest BCUT2D eigenvalue weighted by Crippen LogP contribution is 2.42. The molecule has 4 aromatic carbocycles. The van der Waals surface area contributed by atoms with Crippen molar-refractivity contribution in [1.29, 1.82) is 0 Å². The van der Waals surface area contributed by atoms with Gasteiger partial charge in [-0.15, -0.1) is 0 Å². The van der Waals surface area contributed by atoms with Gasteiger partial charge in [0.2, 0.25) is 0 Å². The number of aromatic hydroxyl groups is 4. The predicted molar refractivity (Wildman–Crippen MR) is 149 cm³/mol. The van der Waals surface area contributed by atoms with Crippen LogP contribution in [0.1, 0.15) is 45.7 Å². The lowest BCUT2D eigenvalue weighted by molar-refractivity contribution is 0.401. The van der Waals surface area contributed by atoms with Crippen LogP contribution in [0.25, 0.3) is 12.2 Å². The lowest BCUT2D eigenvalue weighted by atomic mass is 9.83. The van der Waals surface area contributed by atoms with E-state index in [1.807, 2.05) is 36.4 Å². The number of rotatable bonds is 9. The number of phenolic OH excluding ortho intramolecular Hbond substituents is 4. The fourth-order valence-corrected chi connectivity index (χ4v) is 4.65. The van der Waals surface area contributed by atoms with Gasteiger partial charge in [0.05, 0.1) is 14.2 Å². The number of benzene rings is 4. The number of hydrogen-bond acceptors (Lipinski definition) is 6. The molecule has 0 aliphatic heterocycles. The number of hydrogen-bond donors (Lipinski definition) is 4. The molecule has 0 aromatic heterocycles. The molecular weight excluding hydrogens is 480 g/mol. The molecule has 1 unspecified atom stereocenters. The highest BCUT2D eigenvalue weighted by Gasteiger charge is 2.23. The third kappa shape index (κ3) is 5.86. The first-order chi connectivity index (χ1) is 18.3. The van der Waals surface area contributed by atoms with Crippen molar-refractivity contribution in [1.82, 2.24) is 0 Å². The van der Waals surface area contributed by atoms with Crippen LogP contribution >= 0.6 is 0 Å². The fraction of sp³-hybridized carbons (Fsp3) is 0.188. The summed E-state index contributed by atoms with van der Waals surface area (Å²) in [6.07, 6.45) is 4.80. The van der Waals surface area contributed by atoms with Crippen molar-refractivity contribution in [2.24, 2.45) is 0 Å². The molecule has 0 amide bonds. The molecule has 196 valence electrons. The van der Waals surface area contributed by atoms with Gasteiger partial charge in [-0.1, -0.05) is 42.5 Å². The fourth-order valence-electron chi connectivity index (χ4n) is 4.65. The third-order valence-electron chi connectivity index (χ3n) is 6.80. The van der Waals surface area contributed by atoms with Crippen molar-refractivity contribution in [2.75, 3.05) is 14.2 Å². The summed E-state index contributed by atoms with van der Waals surface area (Å²) in [5.41, 5.74) is 4.44. The molecule has 0 aliphatic carbocycles. The van der Waals surface area contributed by atoms with E-state index in [9.17, 15) is 20.4 Å². The van der Waals surface area contributed by atoms with Crippen LogP contribution in [-0.2, 0) is 6.42 Å². The minimum absolute atomic E-state index is 0.0612. The maximum absolute atomic E-state index is 11.3. The molecule has 6 nitrogen and oxygen atoms in total. The van der Waals surface area contributed by atoms with Gasteiger partial charge < -0.3 is 29.9 Å². The monoisotopic (exact) mass is 512 g/mol. The maximum Gasteiger partial charge on any atom is 0.125 e. The zero-order chi connectivity index (χ0) is 27.2. The van der Waals surface area contributed by atoms with Crippen LogP contribution in [0.5, 0.6) is 34.5 Å². The molecule has 0 bridgehead atoms. The molecule has 6 heteroatoms. The number of phenols is 4. The van der Waals surface area contributed by atoms with Crippen molar-refractivity contribution < 1.29 is 29.9 Å². The molecule has 0 aliphatic rings. The molecule has 0 saturated carbocycles. The zero-order valence-corrected chi connectivity index (χ0v) is 21.7. The Morgan fingerprint density at radius 1 is 0.763 bits per heavy atom. The van der Waals surface area contributed by atoms with E-state index in [1.165, 1.54) is 0 Å². The minimum atomic E-state index is -0.237. The molecule has 4 aromatic rings. The van der Waals surface area contributed by atoms with Crippen LogP contribution in [0.2, 0.25) is 0 Å². The third-order valence-corrected chi connectivity index (χ3v) is 6.80. The normalized spacial score (nSPS) is 12.0. The van der Waals surface area contributed by atoms with Gasteiger partial charge in [-0.25, -0.2) is 0 Å². The lowest BCUT2D eigenvalue weighted by Gasteiger charge is -2.22. The predicted octanol–water partition coefficient (Wildman–Crippen LogP) is 6.77. The van der Waals surface area contributed by atoms with Crippen LogP contribution in [0, 0.1) is 6.92 Å². The van der Waals surface area contributed by atoms with Crippen molar-refractivity contribution in [2.45, 2.75) is 25.7 Å². The molecule has 0 saturated heterocycles. The second-order valence-electron chi connectivity index (χ2n) is 9.16. The Hall–Kier alpha value is -4.58. The Labute approximate surface area is 222 Å². The number of aryl methyl sites for hydroxylation is 1. The standard InChI is InChI=1S/C32H32O6/c1-20-27(16-6-21-4-11-24(33)12-5-21)30(35)19-29(32(20)36)28(22-8-14-26(37-2)15-9-22)17-10-23-7-13-25(34)18-31(23)38-3/h4-9,11-16,18-19,28,33-36H,10,17H2,1-3H3/b16-6+. The summed E-state index contributed by atoms with van der Waals surface area (Å²) in [7, 11) is 3.18. The van der Waals surface area contributed by atoms with Crippen molar-refractivity contribution in [3.05, 3.63) is 106 Å². The van der Waals surface area contributed by atoms with Gasteiger partial charge in [-0.3, -0.25) is 0 Å². The molecule has 4 rings (SSSR count). The van der Waals surface area contributed by atoms with Crippen LogP contribution in [0.4, 0.5) is 0 Å². The maximum atomic E-state index is 11.3. The Morgan fingerprint density at radius 3 is 2.11 bits per heavy atom. The number of ether oxygens (including phenoxy) is 2. The minimum Gasteiger partial charge on any atom is -0.508 e. The first-order valence-electron chi connectivity index (χ1n) is 12.3. The molecular formula is C32H32O6. The summed E-state index contributed by atoms with van der Waals surface area (Å²) in [5, 5.41) is 41.7. The molecule has 0 spiro atoms. The summed E-state index contributed by atoms with van der Waals surface area (Å²) < 4.78 is 10.8. The highest BCUT2D eigenvalue weighted by molar-refractivity contribution is 5.76.